The number of carbonyl (C=O) groups excluding carboxylic acids is 1. The van der Waals surface area contributed by atoms with Crippen molar-refractivity contribution in [1.82, 2.24) is 5.32 Å². The van der Waals surface area contributed by atoms with Crippen LogP contribution in [0.4, 0.5) is 0 Å². The van der Waals surface area contributed by atoms with E-state index < -0.39 is 0 Å². The molecular weight excluding hydrogens is 274 g/mol. The van der Waals surface area contributed by atoms with Gasteiger partial charge in [0.25, 0.3) is 5.91 Å². The van der Waals surface area contributed by atoms with Crippen LogP contribution in [0.25, 0.3) is 0 Å². The van der Waals surface area contributed by atoms with Gasteiger partial charge in [0.15, 0.2) is 0 Å². The molecule has 0 fully saturated rings. The fourth-order valence-corrected chi connectivity index (χ4v) is 2.91. The minimum Gasteiger partial charge on any atom is -0.467 e. The van der Waals surface area contributed by atoms with Crippen LogP contribution in [-0.2, 0) is 6.42 Å². The summed E-state index contributed by atoms with van der Waals surface area (Å²) in [6, 6.07) is 7.76. The Labute approximate surface area is 122 Å². The highest BCUT2D eigenvalue weighted by atomic mass is 35.5. The first-order valence-corrected chi connectivity index (χ1v) is 7.19. The summed E-state index contributed by atoms with van der Waals surface area (Å²) in [6.07, 6.45) is 3.52. The maximum atomic E-state index is 12.1. The summed E-state index contributed by atoms with van der Waals surface area (Å²) >= 11 is 6.48. The van der Waals surface area contributed by atoms with Crippen LogP contribution in [0.3, 0.4) is 0 Å². The molecule has 1 aromatic carbocycles. The molecule has 1 atom stereocenters. The van der Waals surface area contributed by atoms with E-state index in [2.05, 4.69) is 5.32 Å². The van der Waals surface area contributed by atoms with Crippen LogP contribution in [0.15, 0.2) is 34.9 Å². The lowest BCUT2D eigenvalue weighted by Crippen LogP contribution is -2.22. The standard InChI is InChI=1S/C16H16ClNO2/c1-10-6-8-20-15(10)14(17)12-5-4-11-3-2-7-18-16(19)13(11)9-12/h4-6,8-9,14H,2-3,7H2,1H3,(H,18,19). The highest BCUT2D eigenvalue weighted by molar-refractivity contribution is 6.22. The molecule has 0 radical (unpaired) electrons. The van der Waals surface area contributed by atoms with E-state index in [0.717, 1.165) is 47.4 Å². The molecule has 20 heavy (non-hydrogen) atoms. The van der Waals surface area contributed by atoms with Crippen molar-refractivity contribution in [2.24, 2.45) is 0 Å². The number of fused-ring (bicyclic) bond motifs is 1. The Bertz CT molecular complexity index is 648. The van der Waals surface area contributed by atoms with Crippen molar-refractivity contribution in [3.63, 3.8) is 0 Å². The number of carbonyl (C=O) groups is 1. The number of hydrogen-bond acceptors (Lipinski definition) is 2. The zero-order valence-corrected chi connectivity index (χ0v) is 12.0. The van der Waals surface area contributed by atoms with E-state index in [1.807, 2.05) is 31.2 Å². The lowest BCUT2D eigenvalue weighted by molar-refractivity contribution is 0.0956. The molecule has 1 aliphatic rings. The minimum atomic E-state index is -0.369. The number of halogens is 1. The third-order valence-electron chi connectivity index (χ3n) is 3.71. The molecule has 104 valence electrons. The molecule has 2 heterocycles. The molecule has 1 aliphatic heterocycles. The van der Waals surface area contributed by atoms with E-state index in [1.54, 1.807) is 6.26 Å². The van der Waals surface area contributed by atoms with Crippen molar-refractivity contribution in [3.05, 3.63) is 58.5 Å². The molecule has 1 amide bonds. The smallest absolute Gasteiger partial charge is 0.251 e. The van der Waals surface area contributed by atoms with Crippen molar-refractivity contribution in [3.8, 4) is 0 Å². The van der Waals surface area contributed by atoms with Crippen LogP contribution in [0.5, 0.6) is 0 Å². The summed E-state index contributed by atoms with van der Waals surface area (Å²) in [4.78, 5) is 12.1. The van der Waals surface area contributed by atoms with Crippen molar-refractivity contribution in [2.75, 3.05) is 6.54 Å². The molecule has 2 aromatic rings. The molecule has 1 unspecified atom stereocenters. The zero-order valence-electron chi connectivity index (χ0n) is 11.3. The second-order valence-electron chi connectivity index (χ2n) is 5.11. The van der Waals surface area contributed by atoms with E-state index >= 15 is 0 Å². The van der Waals surface area contributed by atoms with Crippen LogP contribution in [0.2, 0.25) is 0 Å². The van der Waals surface area contributed by atoms with Gasteiger partial charge in [-0.25, -0.2) is 0 Å². The summed E-state index contributed by atoms with van der Waals surface area (Å²) in [5.41, 5.74) is 3.73. The van der Waals surface area contributed by atoms with E-state index in [0.29, 0.717) is 0 Å². The summed E-state index contributed by atoms with van der Waals surface area (Å²) in [7, 11) is 0. The molecule has 3 nitrogen and oxygen atoms in total. The van der Waals surface area contributed by atoms with Gasteiger partial charge < -0.3 is 9.73 Å². The molecule has 3 rings (SSSR count). The molecule has 0 spiro atoms. The minimum absolute atomic E-state index is 0.0145. The molecule has 0 aliphatic carbocycles. The van der Waals surface area contributed by atoms with Crippen molar-refractivity contribution >= 4 is 17.5 Å². The fourth-order valence-electron chi connectivity index (χ4n) is 2.55. The van der Waals surface area contributed by atoms with Crippen LogP contribution in [0, 0.1) is 6.92 Å². The normalized spacial score (nSPS) is 16.2. The number of alkyl halides is 1. The van der Waals surface area contributed by atoms with Crippen molar-refractivity contribution in [2.45, 2.75) is 25.1 Å². The van der Waals surface area contributed by atoms with Crippen LogP contribution in [-0.4, -0.2) is 12.5 Å². The van der Waals surface area contributed by atoms with Crippen LogP contribution in [0.1, 0.15) is 44.6 Å². The van der Waals surface area contributed by atoms with E-state index in [4.69, 9.17) is 16.0 Å². The highest BCUT2D eigenvalue weighted by Crippen LogP contribution is 2.33. The highest BCUT2D eigenvalue weighted by Gasteiger charge is 2.21. The molecule has 4 heteroatoms. The van der Waals surface area contributed by atoms with Gasteiger partial charge >= 0.3 is 0 Å². The second kappa shape index (κ2) is 5.33. The Kier molecular flexibility index (Phi) is 3.53. The number of nitrogens with one attached hydrogen (secondary N) is 1. The van der Waals surface area contributed by atoms with Gasteiger partial charge in [-0.05, 0) is 48.6 Å². The summed E-state index contributed by atoms with van der Waals surface area (Å²) < 4.78 is 5.44. The lowest BCUT2D eigenvalue weighted by Gasteiger charge is -2.12. The van der Waals surface area contributed by atoms with E-state index in [9.17, 15) is 4.79 Å². The molecule has 1 aromatic heterocycles. The van der Waals surface area contributed by atoms with Crippen LogP contribution >= 0.6 is 11.6 Å². The van der Waals surface area contributed by atoms with Gasteiger partial charge in [0.05, 0.1) is 6.26 Å². The van der Waals surface area contributed by atoms with E-state index in [1.165, 1.54) is 0 Å². The summed E-state index contributed by atoms with van der Waals surface area (Å²) in [6.45, 7) is 2.69. The van der Waals surface area contributed by atoms with Gasteiger partial charge in [0.2, 0.25) is 0 Å². The van der Waals surface area contributed by atoms with Gasteiger partial charge in [0, 0.05) is 12.1 Å². The van der Waals surface area contributed by atoms with Crippen molar-refractivity contribution < 1.29 is 9.21 Å². The first-order valence-electron chi connectivity index (χ1n) is 6.76. The maximum Gasteiger partial charge on any atom is 0.251 e. The Balaban J connectivity index is 2.00. The van der Waals surface area contributed by atoms with Gasteiger partial charge in [-0.1, -0.05) is 12.1 Å². The summed E-state index contributed by atoms with van der Waals surface area (Å²) in [5, 5.41) is 2.54. The number of rotatable bonds is 2. The number of amides is 1. The average Bonchev–Trinajstić information content (AvgIpc) is 2.79. The number of furan rings is 1. The third kappa shape index (κ3) is 2.34. The zero-order chi connectivity index (χ0) is 14.1. The summed E-state index contributed by atoms with van der Waals surface area (Å²) in [5.74, 6) is 0.722. The Hall–Kier alpha value is -1.74. The number of benzene rings is 1. The second-order valence-corrected chi connectivity index (χ2v) is 5.54. The number of hydrogen-bond donors (Lipinski definition) is 1. The molecule has 1 N–H and O–H groups in total. The predicted octanol–water partition coefficient (Wildman–Crippen LogP) is 3.59. The molecular formula is C16H16ClNO2. The first-order chi connectivity index (χ1) is 9.66. The molecule has 0 bridgehead atoms. The SMILES string of the molecule is Cc1ccoc1C(Cl)c1ccc2c(c1)C(=O)NCCC2. The first kappa shape index (κ1) is 13.3. The van der Waals surface area contributed by atoms with E-state index in [-0.39, 0.29) is 11.3 Å². The van der Waals surface area contributed by atoms with Gasteiger partial charge in [-0.3, -0.25) is 4.79 Å². The molecule has 0 saturated heterocycles. The van der Waals surface area contributed by atoms with Gasteiger partial charge in [0.1, 0.15) is 11.1 Å². The average molecular weight is 290 g/mol. The van der Waals surface area contributed by atoms with Crippen molar-refractivity contribution in [1.29, 1.82) is 0 Å². The Morgan fingerprint density at radius 2 is 2.20 bits per heavy atom. The monoisotopic (exact) mass is 289 g/mol. The fraction of sp³-hybridized carbons (Fsp3) is 0.312. The maximum absolute atomic E-state index is 12.1. The van der Waals surface area contributed by atoms with Crippen LogP contribution < -0.4 is 5.32 Å². The quantitative estimate of drug-likeness (QED) is 0.859. The van der Waals surface area contributed by atoms with Gasteiger partial charge in [-0.15, -0.1) is 11.6 Å². The topological polar surface area (TPSA) is 42.2 Å². The van der Waals surface area contributed by atoms with Gasteiger partial charge in [-0.2, -0.15) is 0 Å². The largest absolute Gasteiger partial charge is 0.467 e. The Morgan fingerprint density at radius 1 is 1.35 bits per heavy atom. The Morgan fingerprint density at radius 3 is 2.95 bits per heavy atom. The predicted molar refractivity (Wildman–Crippen MR) is 78.2 cm³/mol. The molecule has 0 saturated carbocycles. The third-order valence-corrected chi connectivity index (χ3v) is 4.16. The number of aryl methyl sites for hydroxylation is 2. The lowest BCUT2D eigenvalue weighted by atomic mass is 9.98.